The van der Waals surface area contributed by atoms with Gasteiger partial charge in [0.15, 0.2) is 0 Å². The monoisotopic (exact) mass is 246 g/mol. The Bertz CT molecular complexity index is 599. The molecule has 0 atom stereocenters. The minimum Gasteiger partial charge on any atom is -0.507 e. The van der Waals surface area contributed by atoms with Crippen molar-refractivity contribution in [3.05, 3.63) is 53.6 Å². The number of anilines is 1. The van der Waals surface area contributed by atoms with E-state index in [4.69, 9.17) is 0 Å². The summed E-state index contributed by atoms with van der Waals surface area (Å²) in [6.45, 7) is 1.79. The molecule has 1 aromatic heterocycles. The average Bonchev–Trinajstić information content (AvgIpc) is 2.32. The van der Waals surface area contributed by atoms with E-state index in [1.54, 1.807) is 25.3 Å². The first-order chi connectivity index (χ1) is 8.56. The standard InChI is InChI=1S/C13H11FN2O2/c1-8-6-10(4-5-15-8)16-13(18)11-7-9(14)2-3-12(11)17/h2-7,17H,1H3,(H,15,16,18). The molecule has 2 N–H and O–H groups in total. The number of carbonyl (C=O) groups excluding carboxylic acids is 1. The van der Waals surface area contributed by atoms with Crippen LogP contribution in [0.2, 0.25) is 0 Å². The van der Waals surface area contributed by atoms with E-state index >= 15 is 0 Å². The van der Waals surface area contributed by atoms with Crippen LogP contribution in [-0.2, 0) is 0 Å². The molecule has 4 nitrogen and oxygen atoms in total. The molecule has 1 heterocycles. The Balaban J connectivity index is 2.24. The van der Waals surface area contributed by atoms with Gasteiger partial charge in [0.05, 0.1) is 5.56 Å². The first kappa shape index (κ1) is 12.0. The lowest BCUT2D eigenvalue weighted by Gasteiger charge is -2.07. The molecule has 2 aromatic rings. The van der Waals surface area contributed by atoms with Gasteiger partial charge in [0.25, 0.3) is 5.91 Å². The molecule has 5 heteroatoms. The van der Waals surface area contributed by atoms with Crippen molar-refractivity contribution in [2.24, 2.45) is 0 Å². The van der Waals surface area contributed by atoms with Gasteiger partial charge >= 0.3 is 0 Å². The number of carbonyl (C=O) groups is 1. The number of hydrogen-bond donors (Lipinski definition) is 2. The number of aromatic nitrogens is 1. The summed E-state index contributed by atoms with van der Waals surface area (Å²) < 4.78 is 13.0. The molecule has 0 aliphatic heterocycles. The number of nitrogens with zero attached hydrogens (tertiary/aromatic N) is 1. The van der Waals surface area contributed by atoms with E-state index in [1.165, 1.54) is 0 Å². The summed E-state index contributed by atoms with van der Waals surface area (Å²) in [6, 6.07) is 6.50. The van der Waals surface area contributed by atoms with Gasteiger partial charge in [-0.2, -0.15) is 0 Å². The zero-order valence-electron chi connectivity index (χ0n) is 9.64. The minimum absolute atomic E-state index is 0.107. The summed E-state index contributed by atoms with van der Waals surface area (Å²) in [7, 11) is 0. The number of hydrogen-bond acceptors (Lipinski definition) is 3. The van der Waals surface area contributed by atoms with Gasteiger partial charge in [-0.3, -0.25) is 9.78 Å². The topological polar surface area (TPSA) is 62.2 Å². The summed E-state index contributed by atoms with van der Waals surface area (Å²) in [5, 5.41) is 12.1. The van der Waals surface area contributed by atoms with Crippen LogP contribution in [0.5, 0.6) is 5.75 Å². The first-order valence-corrected chi connectivity index (χ1v) is 5.29. The summed E-state index contributed by atoms with van der Waals surface area (Å²) in [5.74, 6) is -1.42. The van der Waals surface area contributed by atoms with Crippen molar-refractivity contribution >= 4 is 11.6 Å². The molecule has 1 aromatic carbocycles. The second-order valence-electron chi connectivity index (χ2n) is 3.80. The van der Waals surface area contributed by atoms with Crippen molar-refractivity contribution in [3.8, 4) is 5.75 Å². The number of aromatic hydroxyl groups is 1. The van der Waals surface area contributed by atoms with Gasteiger partial charge in [0.2, 0.25) is 0 Å². The van der Waals surface area contributed by atoms with Crippen molar-refractivity contribution in [2.45, 2.75) is 6.92 Å². The molecular weight excluding hydrogens is 235 g/mol. The van der Waals surface area contributed by atoms with E-state index in [9.17, 15) is 14.3 Å². The maximum Gasteiger partial charge on any atom is 0.259 e. The molecule has 0 spiro atoms. The maximum atomic E-state index is 13.0. The highest BCUT2D eigenvalue weighted by Crippen LogP contribution is 2.19. The smallest absolute Gasteiger partial charge is 0.259 e. The average molecular weight is 246 g/mol. The molecule has 0 bridgehead atoms. The second-order valence-corrected chi connectivity index (χ2v) is 3.80. The molecule has 0 aliphatic carbocycles. The molecule has 0 saturated heterocycles. The number of halogens is 1. The van der Waals surface area contributed by atoms with Gasteiger partial charge in [-0.1, -0.05) is 0 Å². The Morgan fingerprint density at radius 3 is 2.83 bits per heavy atom. The molecule has 18 heavy (non-hydrogen) atoms. The van der Waals surface area contributed by atoms with Crippen LogP contribution in [0.25, 0.3) is 0 Å². The number of amides is 1. The van der Waals surface area contributed by atoms with Gasteiger partial charge in [0, 0.05) is 17.6 Å². The van der Waals surface area contributed by atoms with E-state index in [-0.39, 0.29) is 11.3 Å². The zero-order chi connectivity index (χ0) is 13.1. The van der Waals surface area contributed by atoms with E-state index in [0.717, 1.165) is 23.9 Å². The molecule has 92 valence electrons. The Morgan fingerprint density at radius 1 is 1.33 bits per heavy atom. The normalized spacial score (nSPS) is 10.1. The predicted molar refractivity (Wildman–Crippen MR) is 65.0 cm³/mol. The SMILES string of the molecule is Cc1cc(NC(=O)c2cc(F)ccc2O)ccn1. The molecule has 0 saturated carbocycles. The quantitative estimate of drug-likeness (QED) is 0.855. The van der Waals surface area contributed by atoms with Crippen LogP contribution in [0.15, 0.2) is 36.5 Å². The third kappa shape index (κ3) is 2.63. The van der Waals surface area contributed by atoms with E-state index in [0.29, 0.717) is 5.69 Å². The largest absolute Gasteiger partial charge is 0.507 e. The van der Waals surface area contributed by atoms with Crippen molar-refractivity contribution < 1.29 is 14.3 Å². The van der Waals surface area contributed by atoms with Crippen LogP contribution in [0.1, 0.15) is 16.1 Å². The van der Waals surface area contributed by atoms with Gasteiger partial charge in [0.1, 0.15) is 11.6 Å². The lowest BCUT2D eigenvalue weighted by Crippen LogP contribution is -2.12. The molecule has 2 rings (SSSR count). The summed E-state index contributed by atoms with van der Waals surface area (Å²) in [5.41, 5.74) is 1.18. The van der Waals surface area contributed by atoms with Gasteiger partial charge in [-0.05, 0) is 37.3 Å². The molecule has 0 radical (unpaired) electrons. The summed E-state index contributed by atoms with van der Waals surface area (Å²) in [6.07, 6.45) is 1.55. The number of aryl methyl sites for hydroxylation is 1. The third-order valence-electron chi connectivity index (χ3n) is 2.36. The number of phenolic OH excluding ortho intramolecular Hbond substituents is 1. The third-order valence-corrected chi connectivity index (χ3v) is 2.36. The van der Waals surface area contributed by atoms with Crippen LogP contribution < -0.4 is 5.32 Å². The van der Waals surface area contributed by atoms with Crippen molar-refractivity contribution in [2.75, 3.05) is 5.32 Å². The lowest BCUT2D eigenvalue weighted by atomic mass is 10.2. The van der Waals surface area contributed by atoms with Crippen LogP contribution in [0.3, 0.4) is 0 Å². The fourth-order valence-corrected chi connectivity index (χ4v) is 1.51. The second kappa shape index (κ2) is 4.83. The van der Waals surface area contributed by atoms with Crippen LogP contribution in [0, 0.1) is 12.7 Å². The van der Waals surface area contributed by atoms with Crippen LogP contribution in [0.4, 0.5) is 10.1 Å². The Hall–Kier alpha value is -2.43. The van der Waals surface area contributed by atoms with Crippen LogP contribution in [-0.4, -0.2) is 16.0 Å². The van der Waals surface area contributed by atoms with E-state index in [2.05, 4.69) is 10.3 Å². The predicted octanol–water partition coefficient (Wildman–Crippen LogP) is 2.49. The first-order valence-electron chi connectivity index (χ1n) is 5.29. The Labute approximate surface area is 103 Å². The van der Waals surface area contributed by atoms with Crippen molar-refractivity contribution in [1.82, 2.24) is 4.98 Å². The number of nitrogens with one attached hydrogen (secondary N) is 1. The van der Waals surface area contributed by atoms with Gasteiger partial charge < -0.3 is 10.4 Å². The number of phenols is 1. The highest BCUT2D eigenvalue weighted by molar-refractivity contribution is 6.06. The molecule has 0 aliphatic rings. The minimum atomic E-state index is -0.580. The number of rotatable bonds is 2. The van der Waals surface area contributed by atoms with Crippen LogP contribution >= 0.6 is 0 Å². The van der Waals surface area contributed by atoms with E-state index < -0.39 is 11.7 Å². The Morgan fingerprint density at radius 2 is 2.11 bits per heavy atom. The van der Waals surface area contributed by atoms with Crippen molar-refractivity contribution in [3.63, 3.8) is 0 Å². The zero-order valence-corrected chi connectivity index (χ0v) is 9.64. The Kier molecular flexibility index (Phi) is 3.23. The molecule has 0 fully saturated rings. The highest BCUT2D eigenvalue weighted by atomic mass is 19.1. The fourth-order valence-electron chi connectivity index (χ4n) is 1.51. The van der Waals surface area contributed by atoms with Gasteiger partial charge in [-0.15, -0.1) is 0 Å². The highest BCUT2D eigenvalue weighted by Gasteiger charge is 2.12. The maximum absolute atomic E-state index is 13.0. The van der Waals surface area contributed by atoms with E-state index in [1.807, 2.05) is 0 Å². The van der Waals surface area contributed by atoms with Crippen molar-refractivity contribution in [1.29, 1.82) is 0 Å². The molecule has 0 unspecified atom stereocenters. The summed E-state index contributed by atoms with van der Waals surface area (Å²) >= 11 is 0. The molecule has 1 amide bonds. The molecular formula is C13H11FN2O2. The summed E-state index contributed by atoms with van der Waals surface area (Å²) in [4.78, 5) is 15.8. The fraction of sp³-hybridized carbons (Fsp3) is 0.0769. The lowest BCUT2D eigenvalue weighted by molar-refractivity contribution is 0.102. The number of pyridine rings is 1. The van der Waals surface area contributed by atoms with Gasteiger partial charge in [-0.25, -0.2) is 4.39 Å². The number of benzene rings is 1.